The van der Waals surface area contributed by atoms with Crippen molar-refractivity contribution in [3.05, 3.63) is 26.9 Å². The molecular formula is C12H17Cl2N3O2. The van der Waals surface area contributed by atoms with Gasteiger partial charge in [0.15, 0.2) is 5.15 Å². The fourth-order valence-corrected chi connectivity index (χ4v) is 1.91. The largest absolute Gasteiger partial charge is 0.352 e. The van der Waals surface area contributed by atoms with Gasteiger partial charge in [0.25, 0.3) is 5.56 Å². The molecule has 0 aromatic carbocycles. The highest BCUT2D eigenvalue weighted by Gasteiger charge is 2.20. The van der Waals surface area contributed by atoms with Crippen molar-refractivity contribution < 1.29 is 4.79 Å². The minimum Gasteiger partial charge on any atom is -0.352 e. The quantitative estimate of drug-likeness (QED) is 0.850. The molecule has 19 heavy (non-hydrogen) atoms. The monoisotopic (exact) mass is 305 g/mol. The van der Waals surface area contributed by atoms with Gasteiger partial charge in [-0.15, -0.1) is 0 Å². The van der Waals surface area contributed by atoms with Crippen LogP contribution in [-0.2, 0) is 4.79 Å². The molecule has 7 heteroatoms. The lowest BCUT2D eigenvalue weighted by Crippen LogP contribution is -2.40. The maximum atomic E-state index is 12.0. The molecule has 0 aliphatic carbocycles. The molecule has 1 unspecified atom stereocenters. The van der Waals surface area contributed by atoms with Gasteiger partial charge in [-0.1, -0.05) is 37.0 Å². The van der Waals surface area contributed by atoms with Gasteiger partial charge in [0.2, 0.25) is 5.91 Å². The van der Waals surface area contributed by atoms with Gasteiger partial charge < -0.3 is 5.32 Å². The molecule has 1 aromatic rings. The van der Waals surface area contributed by atoms with Crippen LogP contribution in [0.1, 0.15) is 39.7 Å². The third kappa shape index (κ3) is 3.70. The Bertz CT molecular complexity index is 512. The summed E-state index contributed by atoms with van der Waals surface area (Å²) in [5, 5.41) is 2.64. The van der Waals surface area contributed by atoms with Gasteiger partial charge >= 0.3 is 0 Å². The number of carbonyl (C=O) groups is 1. The number of rotatable bonds is 5. The molecule has 0 aliphatic heterocycles. The first-order chi connectivity index (χ1) is 8.92. The SMILES string of the molecule is CCC(CC)NC(=O)C(C)n1cnc(Cl)c(Cl)c1=O. The van der Waals surface area contributed by atoms with Crippen LogP contribution >= 0.6 is 23.2 Å². The van der Waals surface area contributed by atoms with Crippen molar-refractivity contribution in [1.29, 1.82) is 0 Å². The second kappa shape index (κ2) is 6.91. The zero-order chi connectivity index (χ0) is 14.6. The first kappa shape index (κ1) is 16.0. The molecule has 5 nitrogen and oxygen atoms in total. The van der Waals surface area contributed by atoms with E-state index >= 15 is 0 Å². The summed E-state index contributed by atoms with van der Waals surface area (Å²) in [6, 6.07) is -0.586. The summed E-state index contributed by atoms with van der Waals surface area (Å²) in [6.07, 6.45) is 2.90. The summed E-state index contributed by atoms with van der Waals surface area (Å²) < 4.78 is 1.17. The summed E-state index contributed by atoms with van der Waals surface area (Å²) in [7, 11) is 0. The van der Waals surface area contributed by atoms with Crippen LogP contribution < -0.4 is 10.9 Å². The number of nitrogens with zero attached hydrogens (tertiary/aromatic N) is 2. The molecular weight excluding hydrogens is 289 g/mol. The summed E-state index contributed by atoms with van der Waals surface area (Å²) in [6.45, 7) is 5.60. The fraction of sp³-hybridized carbons (Fsp3) is 0.583. The van der Waals surface area contributed by atoms with Crippen molar-refractivity contribution >= 4 is 29.1 Å². The van der Waals surface area contributed by atoms with Gasteiger partial charge in [-0.3, -0.25) is 14.2 Å². The smallest absolute Gasteiger partial charge is 0.274 e. The number of amides is 1. The highest BCUT2D eigenvalue weighted by Crippen LogP contribution is 2.14. The lowest BCUT2D eigenvalue weighted by molar-refractivity contribution is -0.124. The van der Waals surface area contributed by atoms with E-state index in [2.05, 4.69) is 10.3 Å². The standard InChI is InChI=1S/C12H17Cl2N3O2/c1-4-8(5-2)16-11(18)7(3)17-6-15-10(14)9(13)12(17)19/h6-8H,4-5H2,1-3H3,(H,16,18). The minimum atomic E-state index is -0.685. The van der Waals surface area contributed by atoms with E-state index in [4.69, 9.17) is 23.2 Å². The van der Waals surface area contributed by atoms with E-state index < -0.39 is 11.6 Å². The highest BCUT2D eigenvalue weighted by molar-refractivity contribution is 6.40. The van der Waals surface area contributed by atoms with E-state index in [-0.39, 0.29) is 22.1 Å². The molecule has 1 N–H and O–H groups in total. The van der Waals surface area contributed by atoms with Crippen LogP contribution in [-0.4, -0.2) is 21.5 Å². The molecule has 0 aliphatic rings. The van der Waals surface area contributed by atoms with Gasteiger partial charge in [0.05, 0.1) is 0 Å². The van der Waals surface area contributed by atoms with Crippen LogP contribution in [0.15, 0.2) is 11.1 Å². The van der Waals surface area contributed by atoms with Crippen LogP contribution in [0.3, 0.4) is 0 Å². The minimum absolute atomic E-state index is 0.0597. The van der Waals surface area contributed by atoms with Crippen molar-refractivity contribution in [3.8, 4) is 0 Å². The lowest BCUT2D eigenvalue weighted by atomic mass is 10.1. The van der Waals surface area contributed by atoms with E-state index in [9.17, 15) is 9.59 Å². The number of halogens is 2. The van der Waals surface area contributed by atoms with Crippen molar-refractivity contribution in [2.24, 2.45) is 0 Å². The zero-order valence-electron chi connectivity index (χ0n) is 11.1. The Hall–Kier alpha value is -1.07. The predicted molar refractivity (Wildman–Crippen MR) is 75.7 cm³/mol. The van der Waals surface area contributed by atoms with Gasteiger partial charge in [-0.2, -0.15) is 0 Å². The summed E-state index contributed by atoms with van der Waals surface area (Å²) >= 11 is 11.4. The van der Waals surface area contributed by atoms with Crippen molar-refractivity contribution in [1.82, 2.24) is 14.9 Å². The molecule has 1 atom stereocenters. The van der Waals surface area contributed by atoms with E-state index in [0.29, 0.717) is 0 Å². The maximum absolute atomic E-state index is 12.0. The Morgan fingerprint density at radius 3 is 2.53 bits per heavy atom. The predicted octanol–water partition coefficient (Wildman–Crippen LogP) is 2.42. The van der Waals surface area contributed by atoms with Gasteiger partial charge in [-0.05, 0) is 19.8 Å². The van der Waals surface area contributed by atoms with Crippen LogP contribution in [0.2, 0.25) is 10.2 Å². The Morgan fingerprint density at radius 2 is 2.00 bits per heavy atom. The molecule has 1 rings (SSSR count). The summed E-state index contributed by atoms with van der Waals surface area (Å²) in [5.74, 6) is -0.240. The van der Waals surface area contributed by atoms with E-state index in [0.717, 1.165) is 12.8 Å². The van der Waals surface area contributed by atoms with E-state index in [1.165, 1.54) is 10.9 Å². The van der Waals surface area contributed by atoms with Gasteiger partial charge in [0.1, 0.15) is 17.4 Å². The van der Waals surface area contributed by atoms with Crippen LogP contribution in [0.4, 0.5) is 0 Å². The van der Waals surface area contributed by atoms with Crippen molar-refractivity contribution in [2.75, 3.05) is 0 Å². The van der Waals surface area contributed by atoms with E-state index in [1.54, 1.807) is 6.92 Å². The molecule has 1 amide bonds. The first-order valence-corrected chi connectivity index (χ1v) is 6.90. The normalized spacial score (nSPS) is 12.5. The van der Waals surface area contributed by atoms with E-state index in [1.807, 2.05) is 13.8 Å². The number of aromatic nitrogens is 2. The third-order valence-corrected chi connectivity index (χ3v) is 3.75. The average Bonchev–Trinajstić information content (AvgIpc) is 2.41. The lowest BCUT2D eigenvalue weighted by Gasteiger charge is -2.19. The highest BCUT2D eigenvalue weighted by atomic mass is 35.5. The summed E-state index contributed by atoms with van der Waals surface area (Å²) in [4.78, 5) is 27.7. The fourth-order valence-electron chi connectivity index (χ4n) is 1.64. The third-order valence-electron chi connectivity index (χ3n) is 3.03. The Labute approximate surface area is 121 Å². The topological polar surface area (TPSA) is 64.0 Å². The summed E-state index contributed by atoms with van der Waals surface area (Å²) in [5.41, 5.74) is -0.520. The second-order valence-corrected chi connectivity index (χ2v) is 5.00. The van der Waals surface area contributed by atoms with Gasteiger partial charge in [0, 0.05) is 6.04 Å². The van der Waals surface area contributed by atoms with Crippen LogP contribution in [0.25, 0.3) is 0 Å². The number of nitrogens with one attached hydrogen (secondary N) is 1. The average molecular weight is 306 g/mol. The molecule has 1 aromatic heterocycles. The maximum Gasteiger partial charge on any atom is 0.274 e. The Morgan fingerprint density at radius 1 is 1.42 bits per heavy atom. The zero-order valence-corrected chi connectivity index (χ0v) is 12.6. The first-order valence-electron chi connectivity index (χ1n) is 6.14. The molecule has 0 bridgehead atoms. The number of hydrogen-bond donors (Lipinski definition) is 1. The van der Waals surface area contributed by atoms with Crippen LogP contribution in [0, 0.1) is 0 Å². The van der Waals surface area contributed by atoms with Gasteiger partial charge in [-0.25, -0.2) is 4.98 Å². The molecule has 0 saturated carbocycles. The molecule has 106 valence electrons. The Kier molecular flexibility index (Phi) is 5.82. The molecule has 0 saturated heterocycles. The molecule has 0 fully saturated rings. The van der Waals surface area contributed by atoms with Crippen LogP contribution in [0.5, 0.6) is 0 Å². The number of hydrogen-bond acceptors (Lipinski definition) is 3. The number of carbonyl (C=O) groups excluding carboxylic acids is 1. The second-order valence-electron chi connectivity index (χ2n) is 4.26. The Balaban J connectivity index is 2.95. The van der Waals surface area contributed by atoms with Crippen molar-refractivity contribution in [2.45, 2.75) is 45.7 Å². The molecule has 1 heterocycles. The molecule has 0 radical (unpaired) electrons. The van der Waals surface area contributed by atoms with Crippen molar-refractivity contribution in [3.63, 3.8) is 0 Å². The molecule has 0 spiro atoms.